The van der Waals surface area contributed by atoms with Crippen molar-refractivity contribution in [1.29, 1.82) is 0 Å². The number of hydrogen-bond donors (Lipinski definition) is 1. The van der Waals surface area contributed by atoms with Crippen molar-refractivity contribution < 1.29 is 0 Å². The van der Waals surface area contributed by atoms with E-state index in [1.165, 1.54) is 0 Å². The summed E-state index contributed by atoms with van der Waals surface area (Å²) in [6.07, 6.45) is 7.15. The SMILES string of the molecule is SC1=NC2=NC=CC3=CC=NC(=N1)N32. The highest BCUT2D eigenvalue weighted by molar-refractivity contribution is 7.97. The number of hydrogen-bond acceptors (Lipinski definition) is 5. The van der Waals surface area contributed by atoms with Gasteiger partial charge in [-0.2, -0.15) is 9.98 Å². The van der Waals surface area contributed by atoms with Gasteiger partial charge in [-0.1, -0.05) is 0 Å². The first kappa shape index (κ1) is 7.69. The van der Waals surface area contributed by atoms with Gasteiger partial charge in [0.1, 0.15) is 0 Å². The molecular formula is C8H5N5S. The average molecular weight is 203 g/mol. The minimum atomic E-state index is 0.378. The van der Waals surface area contributed by atoms with Crippen LogP contribution in [-0.4, -0.2) is 28.2 Å². The summed E-state index contributed by atoms with van der Waals surface area (Å²) in [4.78, 5) is 18.2. The van der Waals surface area contributed by atoms with Gasteiger partial charge in [0.05, 0.1) is 5.70 Å². The standard InChI is InChI=1S/C8H5N5S/c14-8-11-6-9-3-1-5-2-4-10-7(12-8)13(5)6/h1-4H,(H,9,10,11,12,14). The van der Waals surface area contributed by atoms with E-state index < -0.39 is 0 Å². The molecule has 0 saturated carbocycles. The van der Waals surface area contributed by atoms with E-state index >= 15 is 0 Å². The lowest BCUT2D eigenvalue weighted by Gasteiger charge is -2.28. The van der Waals surface area contributed by atoms with Crippen LogP contribution in [0.1, 0.15) is 0 Å². The zero-order chi connectivity index (χ0) is 9.54. The molecule has 0 N–H and O–H groups in total. The van der Waals surface area contributed by atoms with E-state index in [9.17, 15) is 0 Å². The monoisotopic (exact) mass is 203 g/mol. The van der Waals surface area contributed by atoms with Crippen LogP contribution in [-0.2, 0) is 0 Å². The first-order valence-corrected chi connectivity index (χ1v) is 4.44. The minimum Gasteiger partial charge on any atom is -0.246 e. The smallest absolute Gasteiger partial charge is 0.239 e. The maximum atomic E-state index is 4.11. The Morgan fingerprint density at radius 3 is 3.07 bits per heavy atom. The van der Waals surface area contributed by atoms with Crippen molar-refractivity contribution in [3.05, 3.63) is 24.0 Å². The van der Waals surface area contributed by atoms with Crippen LogP contribution in [0.15, 0.2) is 44.0 Å². The molecule has 68 valence electrons. The number of rotatable bonds is 0. The van der Waals surface area contributed by atoms with Crippen molar-refractivity contribution >= 4 is 35.9 Å². The van der Waals surface area contributed by atoms with Gasteiger partial charge in [0.2, 0.25) is 11.9 Å². The van der Waals surface area contributed by atoms with Crippen molar-refractivity contribution in [3.63, 3.8) is 0 Å². The van der Waals surface area contributed by atoms with Crippen molar-refractivity contribution in [2.45, 2.75) is 0 Å². The second kappa shape index (κ2) is 2.65. The van der Waals surface area contributed by atoms with E-state index in [2.05, 4.69) is 32.6 Å². The van der Waals surface area contributed by atoms with E-state index in [-0.39, 0.29) is 0 Å². The molecule has 0 aromatic heterocycles. The number of nitrogens with zero attached hydrogens (tertiary/aromatic N) is 5. The number of thiol groups is 1. The second-order valence-electron chi connectivity index (χ2n) is 2.77. The van der Waals surface area contributed by atoms with Crippen LogP contribution in [0.4, 0.5) is 0 Å². The molecule has 0 bridgehead atoms. The van der Waals surface area contributed by atoms with Crippen molar-refractivity contribution in [2.24, 2.45) is 20.0 Å². The summed E-state index contributed by atoms with van der Waals surface area (Å²) in [7, 11) is 0. The molecule has 3 heterocycles. The van der Waals surface area contributed by atoms with E-state index in [0.717, 1.165) is 5.70 Å². The van der Waals surface area contributed by atoms with Gasteiger partial charge in [0.15, 0.2) is 5.17 Å². The zero-order valence-corrected chi connectivity index (χ0v) is 7.89. The highest BCUT2D eigenvalue weighted by atomic mass is 32.1. The Balaban J connectivity index is 2.23. The molecular weight excluding hydrogens is 198 g/mol. The van der Waals surface area contributed by atoms with Gasteiger partial charge >= 0.3 is 0 Å². The van der Waals surface area contributed by atoms with Crippen molar-refractivity contribution in [2.75, 3.05) is 0 Å². The first-order chi connectivity index (χ1) is 6.84. The number of guanidine groups is 2. The molecule has 3 rings (SSSR count). The summed E-state index contributed by atoms with van der Waals surface area (Å²) in [5, 5.41) is 0.378. The normalized spacial score (nSPS) is 22.2. The van der Waals surface area contributed by atoms with Gasteiger partial charge in [-0.15, -0.1) is 12.6 Å². The fraction of sp³-hybridized carbons (Fsp3) is 0. The molecule has 0 unspecified atom stereocenters. The molecule has 0 radical (unpaired) electrons. The summed E-state index contributed by atoms with van der Waals surface area (Å²) in [5.74, 6) is 1.12. The summed E-state index contributed by atoms with van der Waals surface area (Å²) < 4.78 is 0. The third-order valence-electron chi connectivity index (χ3n) is 1.93. The van der Waals surface area contributed by atoms with Gasteiger partial charge in [-0.3, -0.25) is 0 Å². The van der Waals surface area contributed by atoms with Gasteiger partial charge < -0.3 is 0 Å². The molecule has 3 aliphatic rings. The zero-order valence-electron chi connectivity index (χ0n) is 6.99. The van der Waals surface area contributed by atoms with Crippen LogP contribution < -0.4 is 0 Å². The van der Waals surface area contributed by atoms with Crippen LogP contribution in [0.2, 0.25) is 0 Å². The van der Waals surface area contributed by atoms with Gasteiger partial charge in [0, 0.05) is 12.4 Å². The Hall–Kier alpha value is -1.69. The van der Waals surface area contributed by atoms with Crippen LogP contribution in [0.5, 0.6) is 0 Å². The number of amidine groups is 1. The maximum Gasteiger partial charge on any atom is 0.239 e. The molecule has 3 aliphatic heterocycles. The highest BCUT2D eigenvalue weighted by Gasteiger charge is 2.27. The number of allylic oxidation sites excluding steroid dienone is 2. The van der Waals surface area contributed by atoms with E-state index in [4.69, 9.17) is 0 Å². The van der Waals surface area contributed by atoms with Gasteiger partial charge in [-0.25, -0.2) is 14.9 Å². The quantitative estimate of drug-likeness (QED) is 0.581. The fourth-order valence-electron chi connectivity index (χ4n) is 1.36. The lowest BCUT2D eigenvalue weighted by Crippen LogP contribution is -2.39. The molecule has 0 aliphatic carbocycles. The summed E-state index contributed by atoms with van der Waals surface area (Å²) >= 11 is 4.08. The van der Waals surface area contributed by atoms with E-state index in [1.807, 2.05) is 12.2 Å². The lowest BCUT2D eigenvalue weighted by atomic mass is 10.3. The third kappa shape index (κ3) is 0.973. The highest BCUT2D eigenvalue weighted by Crippen LogP contribution is 2.20. The average Bonchev–Trinajstić information content (AvgIpc) is 2.18. The van der Waals surface area contributed by atoms with Crippen LogP contribution in [0, 0.1) is 0 Å². The molecule has 0 saturated heterocycles. The van der Waals surface area contributed by atoms with Crippen molar-refractivity contribution in [3.8, 4) is 0 Å². The van der Waals surface area contributed by atoms with Crippen molar-refractivity contribution in [1.82, 2.24) is 4.90 Å². The summed E-state index contributed by atoms with van der Waals surface area (Å²) in [6, 6.07) is 0. The first-order valence-electron chi connectivity index (χ1n) is 4.00. The largest absolute Gasteiger partial charge is 0.246 e. The molecule has 0 spiro atoms. The Morgan fingerprint density at radius 1 is 1.21 bits per heavy atom. The summed E-state index contributed by atoms with van der Waals surface area (Å²) in [5.41, 5.74) is 0.966. The van der Waals surface area contributed by atoms with Gasteiger partial charge in [-0.05, 0) is 12.2 Å². The molecule has 0 aromatic carbocycles. The summed E-state index contributed by atoms with van der Waals surface area (Å²) in [6.45, 7) is 0. The predicted octanol–water partition coefficient (Wildman–Crippen LogP) is 0.795. The molecule has 0 aromatic rings. The van der Waals surface area contributed by atoms with Crippen LogP contribution >= 0.6 is 12.6 Å². The Bertz CT molecular complexity index is 478. The predicted molar refractivity (Wildman–Crippen MR) is 58.8 cm³/mol. The Labute approximate surface area is 85.4 Å². The second-order valence-corrected chi connectivity index (χ2v) is 3.17. The Morgan fingerprint density at radius 2 is 2.14 bits per heavy atom. The molecule has 0 fully saturated rings. The van der Waals surface area contributed by atoms with Crippen LogP contribution in [0.25, 0.3) is 0 Å². The molecule has 5 nitrogen and oxygen atoms in total. The Kier molecular flexibility index (Phi) is 1.45. The molecule has 0 atom stereocenters. The molecule has 6 heteroatoms. The minimum absolute atomic E-state index is 0.378. The van der Waals surface area contributed by atoms with E-state index in [1.54, 1.807) is 17.3 Å². The van der Waals surface area contributed by atoms with E-state index in [0.29, 0.717) is 17.1 Å². The molecule has 0 amide bonds. The van der Waals surface area contributed by atoms with Gasteiger partial charge in [0.25, 0.3) is 0 Å². The topological polar surface area (TPSA) is 52.7 Å². The fourth-order valence-corrected chi connectivity index (χ4v) is 1.54. The van der Waals surface area contributed by atoms with Crippen LogP contribution in [0.3, 0.4) is 0 Å². The lowest BCUT2D eigenvalue weighted by molar-refractivity contribution is 0.736. The number of aliphatic imine (C=N–C) groups is 4. The maximum absolute atomic E-state index is 4.11. The third-order valence-corrected chi connectivity index (χ3v) is 2.13. The molecule has 14 heavy (non-hydrogen) atoms.